The molecule has 1 aromatic heterocycles. The first kappa shape index (κ1) is 33.0. The highest BCUT2D eigenvalue weighted by Gasteiger charge is 2.34. The van der Waals surface area contributed by atoms with E-state index in [9.17, 15) is 0 Å². The second kappa shape index (κ2) is 15.8. The molecule has 0 aliphatic carbocycles. The summed E-state index contributed by atoms with van der Waals surface area (Å²) in [4.78, 5) is 18.9. The maximum Gasteiger partial charge on any atom is 0.187 e. The van der Waals surface area contributed by atoms with Gasteiger partial charge in [-0.1, -0.05) is 176 Å². The van der Waals surface area contributed by atoms with Gasteiger partial charge >= 0.3 is 0 Å². The highest BCUT2D eigenvalue weighted by molar-refractivity contribution is 7.97. The van der Waals surface area contributed by atoms with E-state index in [1.54, 1.807) is 17.4 Å². The molecule has 7 aromatic rings. The fourth-order valence-electron chi connectivity index (χ4n) is 6.67. The van der Waals surface area contributed by atoms with Gasteiger partial charge in [0.1, 0.15) is 0 Å². The Morgan fingerprint density at radius 2 is 0.960 bits per heavy atom. The van der Waals surface area contributed by atoms with Crippen LogP contribution in [-0.4, -0.2) is 11.1 Å². The Kier molecular flexibility index (Phi) is 10.5. The molecule has 0 unspecified atom stereocenters. The third-order valence-electron chi connectivity index (χ3n) is 8.87. The van der Waals surface area contributed by atoms with E-state index in [0.717, 1.165) is 37.3 Å². The van der Waals surface area contributed by atoms with Gasteiger partial charge in [-0.25, -0.2) is 0 Å². The number of anilines is 1. The van der Waals surface area contributed by atoms with Crippen LogP contribution in [0.5, 0.6) is 0 Å². The molecule has 0 radical (unpaired) electrons. The van der Waals surface area contributed by atoms with Gasteiger partial charge in [0.2, 0.25) is 0 Å². The summed E-state index contributed by atoms with van der Waals surface area (Å²) in [6, 6.07) is 65.8. The van der Waals surface area contributed by atoms with Crippen molar-refractivity contribution in [1.82, 2.24) is 0 Å². The first-order chi connectivity index (χ1) is 24.7. The number of hydrogen-bond donors (Lipinski definition) is 0. The van der Waals surface area contributed by atoms with E-state index in [1.807, 2.05) is 17.5 Å². The maximum absolute atomic E-state index is 15.4. The van der Waals surface area contributed by atoms with Gasteiger partial charge < -0.3 is 4.90 Å². The zero-order valence-electron chi connectivity index (χ0n) is 27.8. The van der Waals surface area contributed by atoms with Gasteiger partial charge in [-0.2, -0.15) is 0 Å². The molecule has 0 atom stereocenters. The van der Waals surface area contributed by atoms with Gasteiger partial charge in [-0.05, 0) is 63.6 Å². The largest absolute Gasteiger partial charge is 0.362 e. The summed E-state index contributed by atoms with van der Waals surface area (Å²) in [6.07, 6.45) is 3.76. The summed E-state index contributed by atoms with van der Waals surface area (Å²) in [5.74, 6) is 0.00937. The van der Waals surface area contributed by atoms with E-state index in [0.29, 0.717) is 13.1 Å². The zero-order chi connectivity index (χ0) is 34.0. The van der Waals surface area contributed by atoms with Crippen molar-refractivity contribution in [2.45, 2.75) is 13.1 Å². The number of nitrogens with zero attached hydrogens (tertiary/aromatic N) is 1. The van der Waals surface area contributed by atoms with Gasteiger partial charge in [0.05, 0.1) is 0 Å². The van der Waals surface area contributed by atoms with Crippen LogP contribution in [0.3, 0.4) is 0 Å². The number of hydrogen-bond acceptors (Lipinski definition) is 3. The molecule has 50 heavy (non-hydrogen) atoms. The maximum atomic E-state index is 15.4. The fourth-order valence-corrected chi connectivity index (χ4v) is 11.8. The van der Waals surface area contributed by atoms with Crippen LogP contribution in [0.1, 0.15) is 21.6 Å². The molecule has 1 heterocycles. The minimum absolute atomic E-state index is 0.00937. The van der Waals surface area contributed by atoms with Crippen molar-refractivity contribution in [3.05, 3.63) is 221 Å². The number of rotatable bonds is 12. The van der Waals surface area contributed by atoms with E-state index in [1.165, 1.54) is 11.1 Å². The van der Waals surface area contributed by atoms with Crippen molar-refractivity contribution in [2.75, 3.05) is 4.90 Å². The van der Waals surface area contributed by atoms with Crippen molar-refractivity contribution >= 4 is 57.0 Å². The van der Waals surface area contributed by atoms with Crippen LogP contribution < -0.4 is 20.8 Å². The molecule has 0 N–H and O–H groups in total. The van der Waals surface area contributed by atoms with Crippen LogP contribution in [0, 0.1) is 0 Å². The Balaban J connectivity index is 1.60. The Bertz CT molecular complexity index is 2070. The van der Waals surface area contributed by atoms with E-state index in [-0.39, 0.29) is 5.78 Å². The van der Waals surface area contributed by atoms with Crippen LogP contribution >= 0.6 is 18.2 Å². The van der Waals surface area contributed by atoms with Gasteiger partial charge in [0.15, 0.2) is 5.78 Å². The van der Waals surface area contributed by atoms with Crippen LogP contribution in [0.25, 0.3) is 6.08 Å². The summed E-state index contributed by atoms with van der Waals surface area (Å²) in [6.45, 7) is -1.41. The van der Waals surface area contributed by atoms with Crippen LogP contribution in [0.2, 0.25) is 0 Å². The topological polar surface area (TPSA) is 20.3 Å². The molecule has 0 amide bonds. The molecule has 0 bridgehead atoms. The molecule has 2 nitrogen and oxygen atoms in total. The first-order valence-electron chi connectivity index (χ1n) is 16.8. The van der Waals surface area contributed by atoms with E-state index >= 15 is 4.79 Å². The number of carbonyl (C=O) groups is 1. The van der Waals surface area contributed by atoms with Crippen molar-refractivity contribution in [2.24, 2.45) is 0 Å². The van der Waals surface area contributed by atoms with Crippen LogP contribution in [0.15, 0.2) is 200 Å². The third kappa shape index (κ3) is 7.12. The summed E-state index contributed by atoms with van der Waals surface area (Å²) in [5.41, 5.74) is 4.39. The van der Waals surface area contributed by atoms with Gasteiger partial charge in [0, 0.05) is 34.5 Å². The van der Waals surface area contributed by atoms with Crippen LogP contribution in [0.4, 0.5) is 5.69 Å². The lowest BCUT2D eigenvalue weighted by molar-refractivity contribution is -0.108. The highest BCUT2D eigenvalue weighted by Crippen LogP contribution is 2.49. The number of carbonyl (C=O) groups excluding carboxylic acids is 1. The standard InChI is InChI=1S/C46H38NOPS/c48-45(33-32-42-29-18-34-50-42)46(49(39-23-10-3-11-24-39,40-25-12-4-13-26-40)41-27-14-5-15-28-41)43-30-16-17-31-44(43)47(35-37-19-6-1-7-20-37)36-38-21-8-2-9-22-38/h1-34H,35-36H2/b33-32+. The summed E-state index contributed by atoms with van der Waals surface area (Å²) < 4.78 is 0. The molecule has 0 aliphatic rings. The van der Waals surface area contributed by atoms with Gasteiger partial charge in [0.25, 0.3) is 0 Å². The number of thiophene rings is 1. The Morgan fingerprint density at radius 1 is 0.520 bits per heavy atom. The molecule has 4 heteroatoms. The van der Waals surface area contributed by atoms with Gasteiger partial charge in [-0.15, -0.1) is 11.3 Å². The minimum Gasteiger partial charge on any atom is -0.362 e. The molecule has 0 fully saturated rings. The second-order valence-corrected chi connectivity index (χ2v) is 16.4. The zero-order valence-corrected chi connectivity index (χ0v) is 29.5. The lowest BCUT2D eigenvalue weighted by Crippen LogP contribution is -2.35. The smallest absolute Gasteiger partial charge is 0.187 e. The molecule has 0 saturated carbocycles. The van der Waals surface area contributed by atoms with Gasteiger partial charge in [-0.3, -0.25) is 4.79 Å². The highest BCUT2D eigenvalue weighted by atomic mass is 32.1. The van der Waals surface area contributed by atoms with Crippen molar-refractivity contribution in [1.29, 1.82) is 0 Å². The predicted molar refractivity (Wildman–Crippen MR) is 217 cm³/mol. The Morgan fingerprint density at radius 3 is 1.42 bits per heavy atom. The SMILES string of the molecule is O=C(/C=C/c1cccs1)C(c1ccccc1N(Cc1ccccc1)Cc1ccccc1)=P(c1ccccc1)(c1ccccc1)c1ccccc1. The lowest BCUT2D eigenvalue weighted by atomic mass is 10.0. The summed E-state index contributed by atoms with van der Waals surface area (Å²) in [5, 5.41) is 6.27. The summed E-state index contributed by atoms with van der Waals surface area (Å²) in [7, 11) is 0. The van der Waals surface area contributed by atoms with E-state index in [4.69, 9.17) is 0 Å². The molecular weight excluding hydrogens is 646 g/mol. The van der Waals surface area contributed by atoms with E-state index < -0.39 is 6.89 Å². The third-order valence-corrected chi connectivity index (χ3v) is 14.1. The first-order valence-corrected chi connectivity index (χ1v) is 19.5. The molecule has 6 aromatic carbocycles. The van der Waals surface area contributed by atoms with Crippen molar-refractivity contribution < 1.29 is 4.79 Å². The predicted octanol–water partition coefficient (Wildman–Crippen LogP) is 9.75. The Hall–Kier alpha value is -5.47. The molecular formula is C46H38NOPS. The molecule has 244 valence electrons. The van der Waals surface area contributed by atoms with Crippen molar-refractivity contribution in [3.8, 4) is 0 Å². The lowest BCUT2D eigenvalue weighted by Gasteiger charge is -2.34. The number of allylic oxidation sites excluding steroid dienone is 1. The minimum atomic E-state index is -2.79. The number of ketones is 1. The van der Waals surface area contributed by atoms with E-state index in [2.05, 4.69) is 187 Å². The molecule has 0 aliphatic heterocycles. The average Bonchev–Trinajstić information content (AvgIpc) is 3.72. The Labute approximate surface area is 299 Å². The molecule has 0 saturated heterocycles. The average molecular weight is 684 g/mol. The molecule has 7 rings (SSSR count). The van der Waals surface area contributed by atoms with Crippen molar-refractivity contribution in [3.63, 3.8) is 0 Å². The quantitative estimate of drug-likeness (QED) is 0.0945. The number of para-hydroxylation sites is 1. The second-order valence-electron chi connectivity index (χ2n) is 12.1. The number of benzene rings is 6. The normalized spacial score (nSPS) is 11.4. The fraction of sp³-hybridized carbons (Fsp3) is 0.0435. The summed E-state index contributed by atoms with van der Waals surface area (Å²) >= 11 is 1.63. The van der Waals surface area contributed by atoms with Crippen LogP contribution in [-0.2, 0) is 17.9 Å². The monoisotopic (exact) mass is 683 g/mol. The molecule has 0 spiro atoms.